The van der Waals surface area contributed by atoms with Crippen LogP contribution in [-0.2, 0) is 19.1 Å². The summed E-state index contributed by atoms with van der Waals surface area (Å²) in [6.07, 6.45) is 8.83. The number of unbranched alkanes of at least 4 members (excludes halogenated alkanes) is 6. The number of benzene rings is 4. The van der Waals surface area contributed by atoms with Crippen molar-refractivity contribution in [2.24, 2.45) is 11.3 Å². The van der Waals surface area contributed by atoms with Crippen LogP contribution < -0.4 is 9.47 Å². The molecule has 53 heavy (non-hydrogen) atoms. The average molecular weight is 711 g/mol. The minimum atomic E-state index is -1.26. The minimum absolute atomic E-state index is 0.256. The van der Waals surface area contributed by atoms with E-state index in [0.717, 1.165) is 72.3 Å². The third kappa shape index (κ3) is 10.8. The highest BCUT2D eigenvalue weighted by Crippen LogP contribution is 2.55. The van der Waals surface area contributed by atoms with Gasteiger partial charge < -0.3 is 18.9 Å². The second kappa shape index (κ2) is 19.7. The van der Waals surface area contributed by atoms with Gasteiger partial charge in [0.25, 0.3) is 0 Å². The van der Waals surface area contributed by atoms with Crippen LogP contribution in [0.4, 0.5) is 0 Å². The summed E-state index contributed by atoms with van der Waals surface area (Å²) >= 11 is 0. The molecule has 0 aromatic heterocycles. The van der Waals surface area contributed by atoms with Gasteiger partial charge in [0.1, 0.15) is 11.5 Å². The molecule has 5 rings (SSSR count). The second-order valence-corrected chi connectivity index (χ2v) is 13.2. The number of rotatable bonds is 21. The molecule has 1 saturated carbocycles. The van der Waals surface area contributed by atoms with Gasteiger partial charge in [0.2, 0.25) is 0 Å². The summed E-state index contributed by atoms with van der Waals surface area (Å²) in [7, 11) is 0. The van der Waals surface area contributed by atoms with Crippen LogP contribution in [0.5, 0.6) is 11.5 Å². The molecule has 0 N–H and O–H groups in total. The molecule has 0 amide bonds. The normalized spacial score (nSPS) is 13.9. The number of carbonyl (C=O) groups is 2. The predicted octanol–water partition coefficient (Wildman–Crippen LogP) is 9.62. The Kier molecular flexibility index (Phi) is 14.2. The molecule has 1 aliphatic carbocycles. The zero-order valence-corrected chi connectivity index (χ0v) is 30.1. The molecule has 4 aromatic carbocycles. The predicted molar refractivity (Wildman–Crippen MR) is 204 cm³/mol. The number of carbonyl (C=O) groups excluding carboxylic acids is 2. The van der Waals surface area contributed by atoms with E-state index >= 15 is 0 Å². The van der Waals surface area contributed by atoms with Crippen molar-refractivity contribution < 1.29 is 28.5 Å². The largest absolute Gasteiger partial charge is 0.494 e. The lowest BCUT2D eigenvalue weighted by molar-refractivity contribution is -0.165. The van der Waals surface area contributed by atoms with Gasteiger partial charge >= 0.3 is 11.9 Å². The molecule has 1 atom stereocenters. The summed E-state index contributed by atoms with van der Waals surface area (Å²) in [5, 5.41) is 18.0. The number of nitrogens with zero attached hydrogens (tertiary/aromatic N) is 2. The van der Waals surface area contributed by atoms with Crippen LogP contribution in [0.25, 0.3) is 22.3 Å². The smallest absolute Gasteiger partial charge is 0.324 e. The number of hydrogen-bond donors (Lipinski definition) is 0. The lowest BCUT2D eigenvalue weighted by Gasteiger charge is -2.15. The molecular weight excluding hydrogens is 665 g/mol. The molecular formula is C45H46N2O6. The van der Waals surface area contributed by atoms with E-state index < -0.39 is 17.4 Å². The van der Waals surface area contributed by atoms with E-state index in [0.29, 0.717) is 43.6 Å². The Balaban J connectivity index is 0.892. The zero-order valence-electron chi connectivity index (χ0n) is 30.1. The number of nitriles is 2. The maximum Gasteiger partial charge on any atom is 0.324 e. The first kappa shape index (κ1) is 38.4. The molecule has 0 bridgehead atoms. The fourth-order valence-corrected chi connectivity index (χ4v) is 6.17. The molecule has 0 aliphatic heterocycles. The van der Waals surface area contributed by atoms with Crippen molar-refractivity contribution in [2.45, 2.75) is 57.8 Å². The summed E-state index contributed by atoms with van der Waals surface area (Å²) in [4.78, 5) is 26.0. The SMILES string of the molecule is C=CC1CC1(C(=O)OCCCCCCOc1ccc(-c2ccc(C#N)cc2)cc1)C(=O)OCCCCCCOc1ccc(-c2ccc(C#N)cc2)cc1. The lowest BCUT2D eigenvalue weighted by atomic mass is 10.0. The summed E-state index contributed by atoms with van der Waals surface area (Å²) in [6.45, 7) is 5.51. The number of allylic oxidation sites excluding steroid dienone is 1. The maximum atomic E-state index is 13.0. The Morgan fingerprint density at radius 3 is 1.23 bits per heavy atom. The maximum absolute atomic E-state index is 13.0. The van der Waals surface area contributed by atoms with E-state index in [1.54, 1.807) is 6.08 Å². The molecule has 272 valence electrons. The van der Waals surface area contributed by atoms with Crippen LogP contribution in [0.15, 0.2) is 110 Å². The van der Waals surface area contributed by atoms with Crippen molar-refractivity contribution in [1.29, 1.82) is 10.5 Å². The Bertz CT molecular complexity index is 1740. The first-order valence-electron chi connectivity index (χ1n) is 18.4. The minimum Gasteiger partial charge on any atom is -0.494 e. The van der Waals surface area contributed by atoms with Gasteiger partial charge in [-0.2, -0.15) is 10.5 Å². The van der Waals surface area contributed by atoms with Crippen LogP contribution in [-0.4, -0.2) is 38.4 Å². The van der Waals surface area contributed by atoms with Crippen molar-refractivity contribution in [3.05, 3.63) is 121 Å². The van der Waals surface area contributed by atoms with Gasteiger partial charge in [-0.1, -0.05) is 54.6 Å². The van der Waals surface area contributed by atoms with Gasteiger partial charge in [-0.25, -0.2) is 0 Å². The quantitative estimate of drug-likeness (QED) is 0.0363. The molecule has 8 heteroatoms. The highest BCUT2D eigenvalue weighted by Gasteiger charge is 2.67. The van der Waals surface area contributed by atoms with E-state index in [1.807, 2.05) is 97.1 Å². The van der Waals surface area contributed by atoms with Gasteiger partial charge in [0, 0.05) is 5.92 Å². The first-order chi connectivity index (χ1) is 26.0. The summed E-state index contributed by atoms with van der Waals surface area (Å²) < 4.78 is 22.9. The second-order valence-electron chi connectivity index (χ2n) is 13.2. The fraction of sp³-hybridized carbons (Fsp3) is 0.333. The Hall–Kier alpha value is -5.86. The molecule has 0 radical (unpaired) electrons. The third-order valence-corrected chi connectivity index (χ3v) is 9.51. The van der Waals surface area contributed by atoms with E-state index in [2.05, 4.69) is 18.7 Å². The van der Waals surface area contributed by atoms with Gasteiger partial charge in [0.15, 0.2) is 5.41 Å². The van der Waals surface area contributed by atoms with Crippen LogP contribution >= 0.6 is 0 Å². The standard InChI is InChI=1S/C45H46N2O6/c1-2-40-31-45(40,43(48)52-29-9-5-3-7-27-50-41-23-19-38(20-24-41)36-15-11-34(32-46)12-16-36)44(49)53-30-10-6-4-8-28-51-42-25-21-39(22-26-42)37-17-13-35(33-47)14-18-37/h2,11-26,40H,1,3-10,27-31H2. The fourth-order valence-electron chi connectivity index (χ4n) is 6.17. The zero-order chi connectivity index (χ0) is 37.3. The van der Waals surface area contributed by atoms with Crippen molar-refractivity contribution in [3.8, 4) is 45.9 Å². The van der Waals surface area contributed by atoms with Gasteiger partial charge in [-0.15, -0.1) is 6.58 Å². The van der Waals surface area contributed by atoms with Crippen molar-refractivity contribution >= 4 is 11.9 Å². The van der Waals surface area contributed by atoms with Crippen molar-refractivity contribution in [1.82, 2.24) is 0 Å². The molecule has 1 unspecified atom stereocenters. The van der Waals surface area contributed by atoms with Crippen LogP contribution in [0.2, 0.25) is 0 Å². The molecule has 1 fully saturated rings. The Morgan fingerprint density at radius 2 is 0.906 bits per heavy atom. The van der Waals surface area contributed by atoms with E-state index in [9.17, 15) is 9.59 Å². The van der Waals surface area contributed by atoms with E-state index in [1.165, 1.54) is 0 Å². The highest BCUT2D eigenvalue weighted by molar-refractivity contribution is 6.04. The van der Waals surface area contributed by atoms with Gasteiger partial charge in [0.05, 0.1) is 49.7 Å². The van der Waals surface area contributed by atoms with E-state index in [4.69, 9.17) is 29.5 Å². The van der Waals surface area contributed by atoms with Gasteiger partial charge in [-0.05, 0) is 129 Å². The molecule has 8 nitrogen and oxygen atoms in total. The van der Waals surface area contributed by atoms with Gasteiger partial charge in [-0.3, -0.25) is 9.59 Å². The third-order valence-electron chi connectivity index (χ3n) is 9.51. The summed E-state index contributed by atoms with van der Waals surface area (Å²) in [5.41, 5.74) is 4.24. The summed E-state index contributed by atoms with van der Waals surface area (Å²) in [6, 6.07) is 35.1. The average Bonchev–Trinajstić information content (AvgIpc) is 3.96. The van der Waals surface area contributed by atoms with Crippen molar-refractivity contribution in [3.63, 3.8) is 0 Å². The molecule has 4 aromatic rings. The first-order valence-corrected chi connectivity index (χ1v) is 18.4. The monoisotopic (exact) mass is 710 g/mol. The number of hydrogen-bond acceptors (Lipinski definition) is 8. The van der Waals surface area contributed by atoms with Crippen LogP contribution in [0, 0.1) is 34.0 Å². The van der Waals surface area contributed by atoms with E-state index in [-0.39, 0.29) is 19.1 Å². The Labute approximate surface area is 312 Å². The topological polar surface area (TPSA) is 119 Å². The molecule has 1 aliphatic rings. The molecule has 0 saturated heterocycles. The highest BCUT2D eigenvalue weighted by atomic mass is 16.6. The number of ether oxygens (including phenoxy) is 4. The molecule has 0 spiro atoms. The Morgan fingerprint density at radius 1 is 0.566 bits per heavy atom. The molecule has 0 heterocycles. The summed E-state index contributed by atoms with van der Waals surface area (Å²) in [5.74, 6) is 0.332. The van der Waals surface area contributed by atoms with Crippen LogP contribution in [0.3, 0.4) is 0 Å². The lowest BCUT2D eigenvalue weighted by Crippen LogP contribution is -2.32. The van der Waals surface area contributed by atoms with Crippen molar-refractivity contribution in [2.75, 3.05) is 26.4 Å². The van der Waals surface area contributed by atoms with Crippen LogP contribution in [0.1, 0.15) is 68.9 Å². The number of esters is 2.